The van der Waals surface area contributed by atoms with Crippen LogP contribution < -0.4 is 15.4 Å². The number of para-hydroxylation sites is 1. The number of methoxy groups -OCH3 is 1. The first kappa shape index (κ1) is 16.4. The van der Waals surface area contributed by atoms with Crippen LogP contribution in [0.4, 0.5) is 5.69 Å². The van der Waals surface area contributed by atoms with E-state index in [0.717, 1.165) is 0 Å². The predicted molar refractivity (Wildman–Crippen MR) is 90.1 cm³/mol. The third-order valence-corrected chi connectivity index (χ3v) is 3.17. The normalized spacial score (nSPS) is 9.78. The van der Waals surface area contributed by atoms with Crippen LogP contribution in [0, 0.1) is 0 Å². The van der Waals surface area contributed by atoms with Crippen LogP contribution in [0.1, 0.15) is 20.7 Å². The summed E-state index contributed by atoms with van der Waals surface area (Å²) >= 11 is 5.08. The zero-order valence-corrected chi connectivity index (χ0v) is 13.0. The van der Waals surface area contributed by atoms with Gasteiger partial charge < -0.3 is 15.2 Å². The van der Waals surface area contributed by atoms with Crippen molar-refractivity contribution in [2.24, 2.45) is 0 Å². The van der Waals surface area contributed by atoms with Gasteiger partial charge in [-0.15, -0.1) is 0 Å². The Balaban J connectivity index is 2.01. The minimum absolute atomic E-state index is 0.101. The number of aromatic carboxylic acids is 1. The van der Waals surface area contributed by atoms with E-state index in [0.29, 0.717) is 17.0 Å². The molecule has 0 spiro atoms. The molecule has 0 saturated carbocycles. The first-order valence-corrected chi connectivity index (χ1v) is 7.01. The van der Waals surface area contributed by atoms with E-state index in [1.165, 1.54) is 19.2 Å². The monoisotopic (exact) mass is 330 g/mol. The number of carbonyl (C=O) groups is 2. The second-order valence-electron chi connectivity index (χ2n) is 4.49. The van der Waals surface area contributed by atoms with Gasteiger partial charge in [-0.05, 0) is 48.6 Å². The van der Waals surface area contributed by atoms with Crippen LogP contribution in [0.3, 0.4) is 0 Å². The molecule has 0 saturated heterocycles. The van der Waals surface area contributed by atoms with Crippen molar-refractivity contribution in [3.05, 3.63) is 59.7 Å². The van der Waals surface area contributed by atoms with Crippen LogP contribution in [-0.2, 0) is 0 Å². The van der Waals surface area contributed by atoms with E-state index in [-0.39, 0.29) is 10.7 Å². The SMILES string of the molecule is COc1ccccc1C(=O)NC(=S)Nc1ccc(C(=O)O)cc1. The number of hydrogen-bond acceptors (Lipinski definition) is 4. The summed E-state index contributed by atoms with van der Waals surface area (Å²) in [5, 5.41) is 14.3. The number of ether oxygens (including phenoxy) is 1. The smallest absolute Gasteiger partial charge is 0.335 e. The molecule has 0 atom stereocenters. The lowest BCUT2D eigenvalue weighted by Crippen LogP contribution is -2.34. The molecule has 0 aliphatic heterocycles. The summed E-state index contributed by atoms with van der Waals surface area (Å²) in [5.41, 5.74) is 1.10. The van der Waals surface area contributed by atoms with Gasteiger partial charge in [0.25, 0.3) is 5.91 Å². The lowest BCUT2D eigenvalue weighted by molar-refractivity contribution is 0.0696. The van der Waals surface area contributed by atoms with Gasteiger partial charge in [-0.25, -0.2) is 4.79 Å². The van der Waals surface area contributed by atoms with Gasteiger partial charge in [0.1, 0.15) is 5.75 Å². The summed E-state index contributed by atoms with van der Waals surface area (Å²) in [5.74, 6) is -0.968. The molecule has 23 heavy (non-hydrogen) atoms. The lowest BCUT2D eigenvalue weighted by Gasteiger charge is -2.11. The van der Waals surface area contributed by atoms with Gasteiger partial charge in [0.2, 0.25) is 0 Å². The summed E-state index contributed by atoms with van der Waals surface area (Å²) in [7, 11) is 1.48. The molecule has 1 amide bonds. The van der Waals surface area contributed by atoms with Crippen molar-refractivity contribution in [2.45, 2.75) is 0 Å². The molecule has 0 radical (unpaired) electrons. The molecule has 3 N–H and O–H groups in total. The Morgan fingerprint density at radius 1 is 1.09 bits per heavy atom. The third-order valence-electron chi connectivity index (χ3n) is 2.97. The van der Waals surface area contributed by atoms with E-state index >= 15 is 0 Å². The first-order chi connectivity index (χ1) is 11.0. The standard InChI is InChI=1S/C16H14N2O4S/c1-22-13-5-3-2-4-12(13)14(19)18-16(23)17-11-8-6-10(7-9-11)15(20)21/h2-9H,1H3,(H,20,21)(H2,17,18,19,23). The summed E-state index contributed by atoms with van der Waals surface area (Å²) < 4.78 is 5.12. The highest BCUT2D eigenvalue weighted by atomic mass is 32.1. The van der Waals surface area contributed by atoms with Crippen molar-refractivity contribution in [1.82, 2.24) is 5.32 Å². The second kappa shape index (κ2) is 7.37. The highest BCUT2D eigenvalue weighted by Gasteiger charge is 2.13. The number of nitrogens with one attached hydrogen (secondary N) is 2. The number of thiocarbonyl (C=S) groups is 1. The molecule has 0 aliphatic rings. The van der Waals surface area contributed by atoms with E-state index < -0.39 is 11.9 Å². The van der Waals surface area contributed by atoms with Crippen molar-refractivity contribution in [1.29, 1.82) is 0 Å². The number of carboxylic acid groups (broad SMARTS) is 1. The number of carboxylic acids is 1. The maximum absolute atomic E-state index is 12.2. The maximum Gasteiger partial charge on any atom is 0.335 e. The Morgan fingerprint density at radius 3 is 2.35 bits per heavy atom. The van der Waals surface area contributed by atoms with E-state index in [9.17, 15) is 9.59 Å². The maximum atomic E-state index is 12.2. The molecule has 0 unspecified atom stereocenters. The van der Waals surface area contributed by atoms with Crippen molar-refractivity contribution in [2.75, 3.05) is 12.4 Å². The number of rotatable bonds is 4. The van der Waals surface area contributed by atoms with Gasteiger partial charge in [-0.2, -0.15) is 0 Å². The average Bonchev–Trinajstić information content (AvgIpc) is 2.55. The molecule has 0 aliphatic carbocycles. The lowest BCUT2D eigenvalue weighted by atomic mass is 10.2. The van der Waals surface area contributed by atoms with E-state index in [4.69, 9.17) is 22.1 Å². The van der Waals surface area contributed by atoms with Gasteiger partial charge in [0, 0.05) is 5.69 Å². The van der Waals surface area contributed by atoms with Crippen molar-refractivity contribution in [3.63, 3.8) is 0 Å². The number of amides is 1. The number of anilines is 1. The van der Waals surface area contributed by atoms with Crippen LogP contribution in [0.15, 0.2) is 48.5 Å². The molecule has 2 rings (SSSR count). The molecule has 0 fully saturated rings. The molecular weight excluding hydrogens is 316 g/mol. The zero-order valence-electron chi connectivity index (χ0n) is 12.2. The average molecular weight is 330 g/mol. The zero-order chi connectivity index (χ0) is 16.8. The first-order valence-electron chi connectivity index (χ1n) is 6.60. The Morgan fingerprint density at radius 2 is 1.74 bits per heavy atom. The Labute approximate surface area is 138 Å². The molecule has 0 bridgehead atoms. The molecular formula is C16H14N2O4S. The van der Waals surface area contributed by atoms with E-state index in [2.05, 4.69) is 10.6 Å². The molecule has 118 valence electrons. The largest absolute Gasteiger partial charge is 0.496 e. The summed E-state index contributed by atoms with van der Waals surface area (Å²) in [6.45, 7) is 0. The molecule has 2 aromatic rings. The fourth-order valence-electron chi connectivity index (χ4n) is 1.86. The third kappa shape index (κ3) is 4.27. The van der Waals surface area contributed by atoms with Gasteiger partial charge in [0.15, 0.2) is 5.11 Å². The fraction of sp³-hybridized carbons (Fsp3) is 0.0625. The van der Waals surface area contributed by atoms with E-state index in [1.807, 2.05) is 0 Å². The molecule has 6 nitrogen and oxygen atoms in total. The van der Waals surface area contributed by atoms with Crippen molar-refractivity contribution >= 4 is 34.9 Å². The molecule has 7 heteroatoms. The number of carbonyl (C=O) groups excluding carboxylic acids is 1. The minimum atomic E-state index is -1.01. The highest BCUT2D eigenvalue weighted by molar-refractivity contribution is 7.80. The Hall–Kier alpha value is -2.93. The summed E-state index contributed by atoms with van der Waals surface area (Å²) in [4.78, 5) is 23.0. The summed E-state index contributed by atoms with van der Waals surface area (Å²) in [6, 6.07) is 12.8. The van der Waals surface area contributed by atoms with Gasteiger partial charge in [0.05, 0.1) is 18.2 Å². The highest BCUT2D eigenvalue weighted by Crippen LogP contribution is 2.17. The quantitative estimate of drug-likeness (QED) is 0.747. The van der Waals surface area contributed by atoms with Crippen molar-refractivity contribution < 1.29 is 19.4 Å². The van der Waals surface area contributed by atoms with Gasteiger partial charge in [-0.1, -0.05) is 12.1 Å². The Kier molecular flexibility index (Phi) is 5.27. The number of hydrogen-bond donors (Lipinski definition) is 3. The summed E-state index contributed by atoms with van der Waals surface area (Å²) in [6.07, 6.45) is 0. The van der Waals surface area contributed by atoms with Crippen LogP contribution in [0.25, 0.3) is 0 Å². The molecule has 2 aromatic carbocycles. The van der Waals surface area contributed by atoms with Gasteiger partial charge in [-0.3, -0.25) is 10.1 Å². The molecule has 0 aromatic heterocycles. The van der Waals surface area contributed by atoms with Crippen LogP contribution in [-0.4, -0.2) is 29.2 Å². The van der Waals surface area contributed by atoms with E-state index in [1.54, 1.807) is 36.4 Å². The fourth-order valence-corrected chi connectivity index (χ4v) is 2.07. The topological polar surface area (TPSA) is 87.7 Å². The predicted octanol–water partition coefficient (Wildman–Crippen LogP) is 2.52. The minimum Gasteiger partial charge on any atom is -0.496 e. The Bertz CT molecular complexity index is 744. The second-order valence-corrected chi connectivity index (χ2v) is 4.90. The van der Waals surface area contributed by atoms with Gasteiger partial charge >= 0.3 is 5.97 Å². The number of benzene rings is 2. The molecule has 0 heterocycles. The van der Waals surface area contributed by atoms with Crippen LogP contribution >= 0.6 is 12.2 Å². The van der Waals surface area contributed by atoms with Crippen LogP contribution in [0.5, 0.6) is 5.75 Å². The van der Waals surface area contributed by atoms with Crippen LogP contribution in [0.2, 0.25) is 0 Å². The van der Waals surface area contributed by atoms with Crippen molar-refractivity contribution in [3.8, 4) is 5.75 Å².